The van der Waals surface area contributed by atoms with Crippen molar-refractivity contribution in [3.05, 3.63) is 53.4 Å². The maximum absolute atomic E-state index is 14.2. The molecule has 0 radical (unpaired) electrons. The molecule has 0 unspecified atom stereocenters. The summed E-state index contributed by atoms with van der Waals surface area (Å²) in [6, 6.07) is 10.0. The average molecular weight is 482 g/mol. The van der Waals surface area contributed by atoms with Crippen LogP contribution in [0.15, 0.2) is 42.6 Å². The molecule has 1 fully saturated rings. The van der Waals surface area contributed by atoms with Crippen molar-refractivity contribution in [2.45, 2.75) is 6.42 Å². The Morgan fingerprint density at radius 2 is 1.94 bits per heavy atom. The molecule has 0 amide bonds. The predicted molar refractivity (Wildman–Crippen MR) is 128 cm³/mol. The first-order valence-electron chi connectivity index (χ1n) is 10.3. The fourth-order valence-corrected chi connectivity index (χ4v) is 3.72. The van der Waals surface area contributed by atoms with Gasteiger partial charge in [0.15, 0.2) is 11.5 Å². The van der Waals surface area contributed by atoms with Crippen LogP contribution in [-0.4, -0.2) is 56.4 Å². The van der Waals surface area contributed by atoms with Gasteiger partial charge in [-0.05, 0) is 36.8 Å². The van der Waals surface area contributed by atoms with Gasteiger partial charge < -0.3 is 19.5 Å². The second-order valence-corrected chi connectivity index (χ2v) is 7.72. The first-order chi connectivity index (χ1) is 15.1. The third-order valence-corrected chi connectivity index (χ3v) is 5.44. The maximum Gasteiger partial charge on any atom is 0.163 e. The summed E-state index contributed by atoms with van der Waals surface area (Å²) in [4.78, 5) is 6.82. The number of methoxy groups -OCH3 is 1. The van der Waals surface area contributed by atoms with E-state index in [1.807, 2.05) is 12.1 Å². The highest BCUT2D eigenvalue weighted by molar-refractivity contribution is 6.30. The van der Waals surface area contributed by atoms with Crippen molar-refractivity contribution in [1.29, 1.82) is 0 Å². The van der Waals surface area contributed by atoms with Gasteiger partial charge in [0.05, 0.1) is 38.1 Å². The Labute approximate surface area is 198 Å². The molecule has 1 aromatic heterocycles. The number of ether oxygens (including phenoxy) is 3. The van der Waals surface area contributed by atoms with Crippen LogP contribution < -0.4 is 14.8 Å². The molecule has 1 saturated heterocycles. The van der Waals surface area contributed by atoms with E-state index in [0.29, 0.717) is 34.5 Å². The molecule has 0 aliphatic carbocycles. The number of anilines is 2. The fourth-order valence-electron chi connectivity index (χ4n) is 3.57. The van der Waals surface area contributed by atoms with E-state index in [4.69, 9.17) is 25.8 Å². The molecule has 2 aromatic carbocycles. The Balaban J connectivity index is 0.00000289. The van der Waals surface area contributed by atoms with Crippen LogP contribution in [0.1, 0.15) is 6.42 Å². The molecule has 9 heteroatoms. The topological polar surface area (TPSA) is 55.8 Å². The molecule has 172 valence electrons. The summed E-state index contributed by atoms with van der Waals surface area (Å²) in [7, 11) is 1.60. The minimum Gasteiger partial charge on any atom is -0.493 e. The van der Waals surface area contributed by atoms with E-state index in [2.05, 4.69) is 15.2 Å². The zero-order valence-corrected chi connectivity index (χ0v) is 19.3. The molecule has 32 heavy (non-hydrogen) atoms. The number of halogens is 3. The normalized spacial score (nSPS) is 14.1. The summed E-state index contributed by atoms with van der Waals surface area (Å²) in [6.07, 6.45) is 2.58. The first-order valence-corrected chi connectivity index (χ1v) is 10.6. The Bertz CT molecular complexity index is 1050. The van der Waals surface area contributed by atoms with Gasteiger partial charge in [-0.25, -0.2) is 4.39 Å². The van der Waals surface area contributed by atoms with E-state index >= 15 is 0 Å². The molecular weight excluding hydrogens is 456 g/mol. The van der Waals surface area contributed by atoms with Crippen molar-refractivity contribution in [3.8, 4) is 11.5 Å². The van der Waals surface area contributed by atoms with Crippen LogP contribution in [-0.2, 0) is 4.74 Å². The van der Waals surface area contributed by atoms with Crippen LogP contribution >= 0.6 is 24.0 Å². The number of nitrogens with one attached hydrogen (secondary N) is 1. The summed E-state index contributed by atoms with van der Waals surface area (Å²) in [5.74, 6) is 0.815. The van der Waals surface area contributed by atoms with Crippen LogP contribution in [0, 0.1) is 5.82 Å². The molecule has 0 bridgehead atoms. The number of hydrogen-bond donors (Lipinski definition) is 1. The lowest BCUT2D eigenvalue weighted by Crippen LogP contribution is -2.37. The summed E-state index contributed by atoms with van der Waals surface area (Å²) >= 11 is 5.85. The summed E-state index contributed by atoms with van der Waals surface area (Å²) < 4.78 is 31.2. The molecule has 3 aromatic rings. The Morgan fingerprint density at radius 3 is 2.69 bits per heavy atom. The number of benzene rings is 2. The smallest absolute Gasteiger partial charge is 0.163 e. The van der Waals surface area contributed by atoms with Crippen LogP contribution in [0.5, 0.6) is 11.5 Å². The molecular formula is C23H26Cl2FN3O3. The van der Waals surface area contributed by atoms with E-state index in [1.54, 1.807) is 31.5 Å². The van der Waals surface area contributed by atoms with Crippen LogP contribution in [0.2, 0.25) is 5.02 Å². The minimum absolute atomic E-state index is 0. The van der Waals surface area contributed by atoms with Gasteiger partial charge in [-0.3, -0.25) is 9.88 Å². The zero-order valence-electron chi connectivity index (χ0n) is 17.8. The van der Waals surface area contributed by atoms with Gasteiger partial charge in [0.25, 0.3) is 0 Å². The van der Waals surface area contributed by atoms with Crippen molar-refractivity contribution < 1.29 is 18.6 Å². The van der Waals surface area contributed by atoms with Gasteiger partial charge in [0, 0.05) is 48.0 Å². The second kappa shape index (κ2) is 11.5. The van der Waals surface area contributed by atoms with E-state index in [9.17, 15) is 4.39 Å². The Kier molecular flexibility index (Phi) is 8.75. The number of hydrogen-bond acceptors (Lipinski definition) is 6. The highest BCUT2D eigenvalue weighted by atomic mass is 35.5. The van der Waals surface area contributed by atoms with Gasteiger partial charge in [-0.15, -0.1) is 12.4 Å². The third kappa shape index (κ3) is 5.92. The van der Waals surface area contributed by atoms with Gasteiger partial charge in [0.2, 0.25) is 0 Å². The maximum atomic E-state index is 14.2. The highest BCUT2D eigenvalue weighted by Crippen LogP contribution is 2.36. The monoisotopic (exact) mass is 481 g/mol. The minimum atomic E-state index is -0.426. The molecule has 1 aliphatic heterocycles. The van der Waals surface area contributed by atoms with Crippen LogP contribution in [0.4, 0.5) is 15.8 Å². The number of rotatable bonds is 8. The molecule has 6 nitrogen and oxygen atoms in total. The van der Waals surface area contributed by atoms with Crippen molar-refractivity contribution in [2.24, 2.45) is 0 Å². The number of fused-ring (bicyclic) bond motifs is 1. The molecule has 1 aliphatic rings. The zero-order chi connectivity index (χ0) is 21.6. The lowest BCUT2D eigenvalue weighted by molar-refractivity contribution is 0.0357. The number of nitrogens with zero attached hydrogens (tertiary/aromatic N) is 2. The molecule has 0 spiro atoms. The van der Waals surface area contributed by atoms with Crippen molar-refractivity contribution in [2.75, 3.05) is 51.9 Å². The van der Waals surface area contributed by atoms with Crippen molar-refractivity contribution >= 4 is 46.3 Å². The van der Waals surface area contributed by atoms with E-state index in [-0.39, 0.29) is 12.4 Å². The molecule has 0 saturated carbocycles. The van der Waals surface area contributed by atoms with Gasteiger partial charge in [-0.2, -0.15) is 0 Å². The quantitative estimate of drug-likeness (QED) is 0.440. The van der Waals surface area contributed by atoms with E-state index in [0.717, 1.165) is 50.2 Å². The van der Waals surface area contributed by atoms with Crippen LogP contribution in [0.3, 0.4) is 0 Å². The third-order valence-electron chi connectivity index (χ3n) is 5.21. The average Bonchev–Trinajstić information content (AvgIpc) is 2.79. The SMILES string of the molecule is COc1cc2c(Nc3ccc(Cl)cc3F)ccnc2cc1OCCCN1CCOCC1.Cl. The second-order valence-electron chi connectivity index (χ2n) is 7.28. The molecule has 1 N–H and O–H groups in total. The van der Waals surface area contributed by atoms with E-state index < -0.39 is 5.82 Å². The van der Waals surface area contributed by atoms with Gasteiger partial charge in [-0.1, -0.05) is 11.6 Å². The molecule has 2 heterocycles. The van der Waals surface area contributed by atoms with Crippen LogP contribution in [0.25, 0.3) is 10.9 Å². The Hall–Kier alpha value is -2.32. The standard InChI is InChI=1S/C23H25ClFN3O3.ClH/c1-29-22-14-17-19(27-20-4-3-16(24)13-18(20)25)5-6-26-21(17)15-23(22)31-10-2-7-28-8-11-30-12-9-28;/h3-6,13-15H,2,7-12H2,1H3,(H,26,27);1H. The number of pyridine rings is 1. The number of aromatic nitrogens is 1. The lowest BCUT2D eigenvalue weighted by Gasteiger charge is -2.26. The fraction of sp³-hybridized carbons (Fsp3) is 0.348. The largest absolute Gasteiger partial charge is 0.493 e. The summed E-state index contributed by atoms with van der Waals surface area (Å²) in [5.41, 5.74) is 1.77. The Morgan fingerprint density at radius 1 is 1.12 bits per heavy atom. The van der Waals surface area contributed by atoms with Crippen molar-refractivity contribution in [1.82, 2.24) is 9.88 Å². The predicted octanol–water partition coefficient (Wildman–Crippen LogP) is 5.30. The summed E-state index contributed by atoms with van der Waals surface area (Å²) in [6.45, 7) is 5.06. The summed E-state index contributed by atoms with van der Waals surface area (Å²) in [5, 5.41) is 4.26. The molecule has 4 rings (SSSR count). The first kappa shape index (κ1) is 24.3. The van der Waals surface area contributed by atoms with Gasteiger partial charge in [0.1, 0.15) is 5.82 Å². The van der Waals surface area contributed by atoms with Crippen molar-refractivity contribution in [3.63, 3.8) is 0 Å². The highest BCUT2D eigenvalue weighted by Gasteiger charge is 2.13. The molecule has 0 atom stereocenters. The van der Waals surface area contributed by atoms with E-state index in [1.165, 1.54) is 6.07 Å². The van der Waals surface area contributed by atoms with Gasteiger partial charge >= 0.3 is 0 Å². The number of morpholine rings is 1. The lowest BCUT2D eigenvalue weighted by atomic mass is 10.1.